The maximum Gasteiger partial charge on any atom is 0.130 e. The fourth-order valence-electron chi connectivity index (χ4n) is 3.65. The molecule has 2 nitrogen and oxygen atoms in total. The molecule has 3 aliphatic rings. The molecule has 3 heteroatoms. The number of benzene rings is 1. The molecule has 0 aromatic heterocycles. The van der Waals surface area contributed by atoms with Crippen molar-refractivity contribution in [3.8, 4) is 5.75 Å². The van der Waals surface area contributed by atoms with Gasteiger partial charge in [-0.1, -0.05) is 6.07 Å². The summed E-state index contributed by atoms with van der Waals surface area (Å²) in [4.78, 5) is 0. The predicted molar refractivity (Wildman–Crippen MR) is 76.6 cm³/mol. The van der Waals surface area contributed by atoms with E-state index in [1.54, 1.807) is 6.07 Å². The van der Waals surface area contributed by atoms with Crippen LogP contribution in [0.15, 0.2) is 18.2 Å². The van der Waals surface area contributed by atoms with E-state index in [9.17, 15) is 4.39 Å². The highest BCUT2D eigenvalue weighted by atomic mass is 19.1. The van der Waals surface area contributed by atoms with Crippen molar-refractivity contribution in [2.24, 2.45) is 5.41 Å². The maximum absolute atomic E-state index is 14.0. The molecule has 1 spiro atoms. The van der Waals surface area contributed by atoms with Crippen LogP contribution < -0.4 is 10.1 Å². The zero-order valence-electron chi connectivity index (χ0n) is 11.8. The van der Waals surface area contributed by atoms with Crippen LogP contribution in [-0.4, -0.2) is 19.2 Å². The first kappa shape index (κ1) is 12.6. The molecule has 3 fully saturated rings. The zero-order valence-corrected chi connectivity index (χ0v) is 11.8. The Labute approximate surface area is 119 Å². The van der Waals surface area contributed by atoms with Crippen LogP contribution in [0.25, 0.3) is 0 Å². The minimum atomic E-state index is -0.0829. The Morgan fingerprint density at radius 2 is 1.85 bits per heavy atom. The minimum Gasteiger partial charge on any atom is -0.490 e. The molecule has 4 rings (SSSR count). The number of ether oxygens (including phenoxy) is 1. The largest absolute Gasteiger partial charge is 0.490 e. The van der Waals surface area contributed by atoms with Crippen LogP contribution in [0, 0.1) is 11.2 Å². The first-order valence-electron chi connectivity index (χ1n) is 7.91. The topological polar surface area (TPSA) is 21.3 Å². The van der Waals surface area contributed by atoms with Crippen molar-refractivity contribution in [2.75, 3.05) is 13.1 Å². The molecular formula is C17H22FNO. The van der Waals surface area contributed by atoms with E-state index in [0.29, 0.717) is 17.1 Å². The number of hydrogen-bond acceptors (Lipinski definition) is 2. The van der Waals surface area contributed by atoms with Crippen LogP contribution in [-0.2, 0) is 0 Å². The first-order valence-corrected chi connectivity index (χ1v) is 7.91. The molecule has 0 bridgehead atoms. The highest BCUT2D eigenvalue weighted by Crippen LogP contribution is 2.43. The van der Waals surface area contributed by atoms with Gasteiger partial charge in [-0.15, -0.1) is 0 Å². The van der Waals surface area contributed by atoms with Crippen molar-refractivity contribution < 1.29 is 9.13 Å². The molecule has 1 N–H and O–H groups in total. The molecule has 108 valence electrons. The van der Waals surface area contributed by atoms with E-state index in [-0.39, 0.29) is 11.9 Å². The summed E-state index contributed by atoms with van der Waals surface area (Å²) >= 11 is 0. The highest BCUT2D eigenvalue weighted by molar-refractivity contribution is 5.33. The Bertz CT molecular complexity index is 498. The molecule has 1 aromatic carbocycles. The molecule has 0 radical (unpaired) electrons. The summed E-state index contributed by atoms with van der Waals surface area (Å²) in [5, 5.41) is 3.38. The second kappa shape index (κ2) is 4.73. The second-order valence-corrected chi connectivity index (χ2v) is 6.88. The number of halogens is 1. The van der Waals surface area contributed by atoms with Gasteiger partial charge in [0.15, 0.2) is 0 Å². The molecule has 1 heterocycles. The summed E-state index contributed by atoms with van der Waals surface area (Å²) in [7, 11) is 0. The van der Waals surface area contributed by atoms with E-state index in [2.05, 4.69) is 5.32 Å². The van der Waals surface area contributed by atoms with Crippen LogP contribution in [0.1, 0.15) is 50.0 Å². The number of hydrogen-bond donors (Lipinski definition) is 1. The molecule has 2 aliphatic carbocycles. The van der Waals surface area contributed by atoms with Crippen LogP contribution in [0.5, 0.6) is 5.75 Å². The minimum absolute atomic E-state index is 0.0829. The monoisotopic (exact) mass is 275 g/mol. The first-order chi connectivity index (χ1) is 9.74. The van der Waals surface area contributed by atoms with Gasteiger partial charge < -0.3 is 10.1 Å². The standard InChI is InChI=1S/C17H22FNO/c18-16-9-14(3-4-15(16)12-1-2-12)20-13-5-7-17(8-6-13)10-19-11-17/h3-4,9,12-13,19H,1-2,5-8,10-11H2. The van der Waals surface area contributed by atoms with Crippen molar-refractivity contribution in [3.05, 3.63) is 29.6 Å². The van der Waals surface area contributed by atoms with E-state index in [1.165, 1.54) is 25.9 Å². The Morgan fingerprint density at radius 3 is 2.40 bits per heavy atom. The van der Waals surface area contributed by atoms with Crippen molar-refractivity contribution in [1.29, 1.82) is 0 Å². The lowest BCUT2D eigenvalue weighted by Gasteiger charge is -2.47. The second-order valence-electron chi connectivity index (χ2n) is 6.88. The molecule has 0 amide bonds. The van der Waals surface area contributed by atoms with Gasteiger partial charge in [0.25, 0.3) is 0 Å². The fourth-order valence-corrected chi connectivity index (χ4v) is 3.65. The Kier molecular flexibility index (Phi) is 2.99. The van der Waals surface area contributed by atoms with Crippen molar-refractivity contribution in [2.45, 2.75) is 50.5 Å². The van der Waals surface area contributed by atoms with E-state index in [0.717, 1.165) is 31.2 Å². The predicted octanol–water partition coefficient (Wildman–Crippen LogP) is 3.61. The molecule has 2 saturated carbocycles. The van der Waals surface area contributed by atoms with Gasteiger partial charge >= 0.3 is 0 Å². The summed E-state index contributed by atoms with van der Waals surface area (Å²) in [6, 6.07) is 5.46. The van der Waals surface area contributed by atoms with Crippen LogP contribution in [0.4, 0.5) is 4.39 Å². The molecular weight excluding hydrogens is 253 g/mol. The zero-order chi connectivity index (χ0) is 13.6. The van der Waals surface area contributed by atoms with E-state index in [4.69, 9.17) is 4.74 Å². The highest BCUT2D eigenvalue weighted by Gasteiger charge is 2.40. The third-order valence-corrected chi connectivity index (χ3v) is 5.29. The van der Waals surface area contributed by atoms with Gasteiger partial charge in [0.1, 0.15) is 11.6 Å². The van der Waals surface area contributed by atoms with E-state index in [1.807, 2.05) is 12.1 Å². The van der Waals surface area contributed by atoms with Gasteiger partial charge in [0, 0.05) is 19.2 Å². The van der Waals surface area contributed by atoms with Gasteiger partial charge in [-0.05, 0) is 61.5 Å². The summed E-state index contributed by atoms with van der Waals surface area (Å²) in [6.45, 7) is 2.34. The van der Waals surface area contributed by atoms with E-state index < -0.39 is 0 Å². The summed E-state index contributed by atoms with van der Waals surface area (Å²) in [6.07, 6.45) is 7.24. The Hall–Kier alpha value is -1.09. The van der Waals surface area contributed by atoms with Gasteiger partial charge in [0.2, 0.25) is 0 Å². The van der Waals surface area contributed by atoms with Gasteiger partial charge in [-0.2, -0.15) is 0 Å². The van der Waals surface area contributed by atoms with Crippen molar-refractivity contribution in [1.82, 2.24) is 5.32 Å². The van der Waals surface area contributed by atoms with Crippen LogP contribution in [0.2, 0.25) is 0 Å². The Morgan fingerprint density at radius 1 is 1.10 bits per heavy atom. The molecule has 20 heavy (non-hydrogen) atoms. The number of nitrogens with one attached hydrogen (secondary N) is 1. The molecule has 0 unspecified atom stereocenters. The molecule has 1 saturated heterocycles. The fraction of sp³-hybridized carbons (Fsp3) is 0.647. The normalized spacial score (nSPS) is 25.4. The maximum atomic E-state index is 14.0. The SMILES string of the molecule is Fc1cc(OC2CCC3(CC2)CNC3)ccc1C1CC1. The van der Waals surface area contributed by atoms with Crippen LogP contribution >= 0.6 is 0 Å². The lowest BCUT2D eigenvalue weighted by atomic mass is 9.69. The molecule has 1 aliphatic heterocycles. The van der Waals surface area contributed by atoms with Gasteiger partial charge in [-0.25, -0.2) is 4.39 Å². The average Bonchev–Trinajstić information content (AvgIpc) is 3.22. The van der Waals surface area contributed by atoms with Crippen molar-refractivity contribution >= 4 is 0 Å². The molecule has 1 aromatic rings. The average molecular weight is 275 g/mol. The third-order valence-electron chi connectivity index (χ3n) is 5.29. The smallest absolute Gasteiger partial charge is 0.130 e. The quantitative estimate of drug-likeness (QED) is 0.910. The van der Waals surface area contributed by atoms with E-state index >= 15 is 0 Å². The number of rotatable bonds is 3. The lowest BCUT2D eigenvalue weighted by molar-refractivity contribution is 0.0420. The molecule has 0 atom stereocenters. The van der Waals surface area contributed by atoms with Gasteiger partial charge in [0.05, 0.1) is 6.10 Å². The van der Waals surface area contributed by atoms with Gasteiger partial charge in [-0.3, -0.25) is 0 Å². The van der Waals surface area contributed by atoms with Crippen molar-refractivity contribution in [3.63, 3.8) is 0 Å². The Balaban J connectivity index is 1.38. The summed E-state index contributed by atoms with van der Waals surface area (Å²) in [5.74, 6) is 1.09. The van der Waals surface area contributed by atoms with Crippen LogP contribution in [0.3, 0.4) is 0 Å². The summed E-state index contributed by atoms with van der Waals surface area (Å²) < 4.78 is 20.0. The summed E-state index contributed by atoms with van der Waals surface area (Å²) in [5.41, 5.74) is 1.43. The third kappa shape index (κ3) is 2.32. The lowest BCUT2D eigenvalue weighted by Crippen LogP contribution is -2.55.